The molecule has 0 aliphatic carbocycles. The summed E-state index contributed by atoms with van der Waals surface area (Å²) < 4.78 is 10.5. The van der Waals surface area contributed by atoms with Crippen LogP contribution in [-0.4, -0.2) is 25.9 Å². The van der Waals surface area contributed by atoms with E-state index in [9.17, 15) is 5.11 Å². The summed E-state index contributed by atoms with van der Waals surface area (Å²) in [5.74, 6) is 1.19. The molecule has 3 nitrogen and oxygen atoms in total. The van der Waals surface area contributed by atoms with Crippen molar-refractivity contribution in [3.05, 3.63) is 22.7 Å². The van der Waals surface area contributed by atoms with Crippen molar-refractivity contribution in [1.82, 2.24) is 0 Å². The van der Waals surface area contributed by atoms with Gasteiger partial charge in [0.15, 0.2) is 11.5 Å². The third kappa shape index (κ3) is 2.25. The second-order valence-corrected chi connectivity index (χ2v) is 4.61. The number of methoxy groups -OCH3 is 2. The van der Waals surface area contributed by atoms with Crippen LogP contribution in [0.1, 0.15) is 19.4 Å². The first-order chi connectivity index (χ1) is 7.47. The zero-order chi connectivity index (χ0) is 12.3. The first-order valence-corrected chi connectivity index (χ1v) is 5.37. The van der Waals surface area contributed by atoms with Gasteiger partial charge in [0.05, 0.1) is 20.8 Å². The topological polar surface area (TPSA) is 38.7 Å². The highest BCUT2D eigenvalue weighted by atomic mass is 35.5. The molecule has 1 aromatic rings. The zero-order valence-corrected chi connectivity index (χ0v) is 10.8. The Morgan fingerprint density at radius 3 is 2.31 bits per heavy atom. The standard InChI is InChI=1S/C12H17ClO3/c1-12(2,7-14)10-8(13)5-6-9(15-3)11(10)16-4/h5-6,14H,7H2,1-4H3. The van der Waals surface area contributed by atoms with Gasteiger partial charge in [0.2, 0.25) is 0 Å². The summed E-state index contributed by atoms with van der Waals surface area (Å²) in [6.45, 7) is 3.78. The van der Waals surface area contributed by atoms with Crippen LogP contribution in [0.3, 0.4) is 0 Å². The molecule has 0 radical (unpaired) electrons. The lowest BCUT2D eigenvalue weighted by molar-refractivity contribution is 0.214. The molecule has 1 rings (SSSR count). The van der Waals surface area contributed by atoms with Gasteiger partial charge in [0.25, 0.3) is 0 Å². The molecule has 0 saturated heterocycles. The van der Waals surface area contributed by atoms with E-state index in [4.69, 9.17) is 21.1 Å². The Morgan fingerprint density at radius 1 is 1.25 bits per heavy atom. The van der Waals surface area contributed by atoms with E-state index in [1.165, 1.54) is 0 Å². The minimum Gasteiger partial charge on any atom is -0.493 e. The average Bonchev–Trinajstić information content (AvgIpc) is 2.28. The monoisotopic (exact) mass is 244 g/mol. The Morgan fingerprint density at radius 2 is 1.88 bits per heavy atom. The second-order valence-electron chi connectivity index (χ2n) is 4.20. The summed E-state index contributed by atoms with van der Waals surface area (Å²) in [5, 5.41) is 9.97. The number of benzene rings is 1. The van der Waals surface area contributed by atoms with Gasteiger partial charge in [-0.2, -0.15) is 0 Å². The van der Waals surface area contributed by atoms with Gasteiger partial charge in [0, 0.05) is 16.0 Å². The van der Waals surface area contributed by atoms with E-state index in [0.29, 0.717) is 16.5 Å². The molecule has 0 atom stereocenters. The smallest absolute Gasteiger partial charge is 0.166 e. The molecule has 0 aromatic heterocycles. The van der Waals surface area contributed by atoms with Gasteiger partial charge in [-0.15, -0.1) is 0 Å². The lowest BCUT2D eigenvalue weighted by Gasteiger charge is -2.26. The molecule has 0 aliphatic heterocycles. The van der Waals surface area contributed by atoms with Crippen LogP contribution in [0.2, 0.25) is 5.02 Å². The summed E-state index contributed by atoms with van der Waals surface area (Å²) >= 11 is 6.15. The fraction of sp³-hybridized carbons (Fsp3) is 0.500. The molecule has 0 heterocycles. The minimum absolute atomic E-state index is 0.0176. The Hall–Kier alpha value is -0.930. The molecule has 4 heteroatoms. The van der Waals surface area contributed by atoms with Crippen molar-refractivity contribution < 1.29 is 14.6 Å². The van der Waals surface area contributed by atoms with Crippen LogP contribution in [0.25, 0.3) is 0 Å². The van der Waals surface area contributed by atoms with Crippen LogP contribution in [0.5, 0.6) is 11.5 Å². The Balaban J connectivity index is 3.46. The van der Waals surface area contributed by atoms with Crippen LogP contribution >= 0.6 is 11.6 Å². The van der Waals surface area contributed by atoms with Crippen molar-refractivity contribution in [3.63, 3.8) is 0 Å². The number of aliphatic hydroxyl groups excluding tert-OH is 1. The largest absolute Gasteiger partial charge is 0.493 e. The van der Waals surface area contributed by atoms with Crippen molar-refractivity contribution in [1.29, 1.82) is 0 Å². The van der Waals surface area contributed by atoms with Gasteiger partial charge in [-0.25, -0.2) is 0 Å². The summed E-state index contributed by atoms with van der Waals surface area (Å²) in [7, 11) is 3.13. The SMILES string of the molecule is COc1ccc(Cl)c(C(C)(C)CO)c1OC. The number of rotatable bonds is 4. The molecule has 0 unspecified atom stereocenters. The van der Waals surface area contributed by atoms with Gasteiger partial charge in [0.1, 0.15) is 0 Å². The molecule has 0 bridgehead atoms. The van der Waals surface area contributed by atoms with E-state index in [2.05, 4.69) is 0 Å². The molecule has 16 heavy (non-hydrogen) atoms. The van der Waals surface area contributed by atoms with Crippen LogP contribution in [0, 0.1) is 0 Å². The third-order valence-electron chi connectivity index (χ3n) is 2.57. The predicted molar refractivity (Wildman–Crippen MR) is 64.7 cm³/mol. The lowest BCUT2D eigenvalue weighted by atomic mass is 9.84. The van der Waals surface area contributed by atoms with Crippen LogP contribution in [0.4, 0.5) is 0 Å². The maximum atomic E-state index is 9.40. The quantitative estimate of drug-likeness (QED) is 0.885. The van der Waals surface area contributed by atoms with Gasteiger partial charge >= 0.3 is 0 Å². The minimum atomic E-state index is -0.475. The molecular formula is C12H17ClO3. The summed E-state index contributed by atoms with van der Waals surface area (Å²) in [4.78, 5) is 0. The zero-order valence-electron chi connectivity index (χ0n) is 10.0. The molecule has 0 amide bonds. The Kier molecular flexibility index (Phi) is 4.05. The van der Waals surface area contributed by atoms with Crippen molar-refractivity contribution >= 4 is 11.6 Å². The molecule has 0 saturated carbocycles. The normalized spacial score (nSPS) is 11.4. The number of hydrogen-bond acceptors (Lipinski definition) is 3. The molecule has 0 spiro atoms. The van der Waals surface area contributed by atoms with Crippen LogP contribution in [0.15, 0.2) is 12.1 Å². The molecule has 0 aliphatic rings. The highest BCUT2D eigenvalue weighted by Gasteiger charge is 2.28. The highest BCUT2D eigenvalue weighted by molar-refractivity contribution is 6.31. The van der Waals surface area contributed by atoms with E-state index >= 15 is 0 Å². The number of hydrogen-bond donors (Lipinski definition) is 1. The summed E-state index contributed by atoms with van der Waals surface area (Å²) in [6, 6.07) is 3.49. The van der Waals surface area contributed by atoms with E-state index in [1.807, 2.05) is 13.8 Å². The first kappa shape index (κ1) is 13.1. The molecule has 1 N–H and O–H groups in total. The van der Waals surface area contributed by atoms with Crippen molar-refractivity contribution in [3.8, 4) is 11.5 Å². The molecule has 0 fully saturated rings. The van der Waals surface area contributed by atoms with E-state index < -0.39 is 5.41 Å². The van der Waals surface area contributed by atoms with E-state index in [0.717, 1.165) is 5.56 Å². The molecule has 1 aromatic carbocycles. The fourth-order valence-corrected chi connectivity index (χ4v) is 2.02. The summed E-state index contributed by atoms with van der Waals surface area (Å²) in [5.41, 5.74) is 0.287. The first-order valence-electron chi connectivity index (χ1n) is 4.99. The molecular weight excluding hydrogens is 228 g/mol. The van der Waals surface area contributed by atoms with Crippen LogP contribution in [-0.2, 0) is 5.41 Å². The lowest BCUT2D eigenvalue weighted by Crippen LogP contribution is -2.23. The summed E-state index contributed by atoms with van der Waals surface area (Å²) in [6.07, 6.45) is 0. The van der Waals surface area contributed by atoms with Crippen molar-refractivity contribution in [2.24, 2.45) is 0 Å². The fourth-order valence-electron chi connectivity index (χ4n) is 1.61. The maximum Gasteiger partial charge on any atom is 0.166 e. The predicted octanol–water partition coefficient (Wildman–Crippen LogP) is 2.63. The Bertz CT molecular complexity index is 375. The molecule has 90 valence electrons. The van der Waals surface area contributed by atoms with Crippen LogP contribution < -0.4 is 9.47 Å². The van der Waals surface area contributed by atoms with Gasteiger partial charge in [-0.3, -0.25) is 0 Å². The van der Waals surface area contributed by atoms with Gasteiger partial charge in [-0.05, 0) is 12.1 Å². The second kappa shape index (κ2) is 4.93. The van der Waals surface area contributed by atoms with Crippen molar-refractivity contribution in [2.45, 2.75) is 19.3 Å². The van der Waals surface area contributed by atoms with E-state index in [1.54, 1.807) is 26.4 Å². The average molecular weight is 245 g/mol. The van der Waals surface area contributed by atoms with Crippen molar-refractivity contribution in [2.75, 3.05) is 20.8 Å². The van der Waals surface area contributed by atoms with Gasteiger partial charge < -0.3 is 14.6 Å². The number of ether oxygens (including phenoxy) is 2. The van der Waals surface area contributed by atoms with E-state index in [-0.39, 0.29) is 6.61 Å². The highest BCUT2D eigenvalue weighted by Crippen LogP contribution is 2.42. The Labute approximate surface area is 101 Å². The number of halogens is 1. The van der Waals surface area contributed by atoms with Gasteiger partial charge in [-0.1, -0.05) is 25.4 Å². The third-order valence-corrected chi connectivity index (χ3v) is 2.88. The number of aliphatic hydroxyl groups is 1. The maximum absolute atomic E-state index is 9.40.